The molecule has 0 atom stereocenters. The van der Waals surface area contributed by atoms with Gasteiger partial charge >= 0.3 is 5.97 Å². The second-order valence-corrected chi connectivity index (χ2v) is 8.14. The van der Waals surface area contributed by atoms with Crippen LogP contribution in [0.4, 0.5) is 5.13 Å². The van der Waals surface area contributed by atoms with Crippen LogP contribution in [0.15, 0.2) is 42.7 Å². The number of carbonyl (C=O) groups is 2. The largest absolute Gasteiger partial charge is 0.494 e. The van der Waals surface area contributed by atoms with Crippen LogP contribution in [0.5, 0.6) is 5.75 Å². The molecule has 10 heteroatoms. The van der Waals surface area contributed by atoms with Gasteiger partial charge in [0.1, 0.15) is 10.9 Å². The maximum absolute atomic E-state index is 13.2. The fourth-order valence-electron chi connectivity index (χ4n) is 3.14. The summed E-state index contributed by atoms with van der Waals surface area (Å²) in [7, 11) is 2.84. The van der Waals surface area contributed by atoms with Gasteiger partial charge in [-0.15, -0.1) is 0 Å². The van der Waals surface area contributed by atoms with Crippen LogP contribution in [-0.2, 0) is 4.74 Å². The van der Waals surface area contributed by atoms with Crippen LogP contribution in [0.3, 0.4) is 0 Å². The van der Waals surface area contributed by atoms with Crippen LogP contribution in [0.25, 0.3) is 21.3 Å². The molecule has 162 valence electrons. The van der Waals surface area contributed by atoms with Gasteiger partial charge in [0.05, 0.1) is 41.8 Å². The van der Waals surface area contributed by atoms with E-state index in [2.05, 4.69) is 20.3 Å². The first-order valence-electron chi connectivity index (χ1n) is 9.36. The van der Waals surface area contributed by atoms with Crippen molar-refractivity contribution in [2.45, 2.75) is 6.92 Å². The number of hydrogen-bond acceptors (Lipinski definition) is 8. The Morgan fingerprint density at radius 3 is 2.62 bits per heavy atom. The maximum atomic E-state index is 13.2. The van der Waals surface area contributed by atoms with Gasteiger partial charge < -0.3 is 9.47 Å². The molecule has 4 aromatic rings. The van der Waals surface area contributed by atoms with E-state index in [4.69, 9.17) is 21.1 Å². The predicted molar refractivity (Wildman–Crippen MR) is 123 cm³/mol. The number of rotatable bonds is 5. The van der Waals surface area contributed by atoms with E-state index in [0.717, 1.165) is 10.4 Å². The lowest BCUT2D eigenvalue weighted by atomic mass is 10.0. The second kappa shape index (κ2) is 8.89. The number of aromatic nitrogens is 3. The number of fused-ring (bicyclic) bond motifs is 1. The van der Waals surface area contributed by atoms with Crippen LogP contribution in [0.2, 0.25) is 5.15 Å². The minimum atomic E-state index is -0.439. The van der Waals surface area contributed by atoms with Gasteiger partial charge in [-0.1, -0.05) is 22.9 Å². The monoisotopic (exact) mass is 468 g/mol. The quantitative estimate of drug-likeness (QED) is 0.332. The van der Waals surface area contributed by atoms with E-state index >= 15 is 0 Å². The Balaban J connectivity index is 1.70. The number of benzene rings is 1. The van der Waals surface area contributed by atoms with E-state index < -0.39 is 11.9 Å². The summed E-state index contributed by atoms with van der Waals surface area (Å²) in [5.41, 5.74) is 3.34. The molecule has 0 aliphatic heterocycles. The Morgan fingerprint density at radius 1 is 1.06 bits per heavy atom. The van der Waals surface area contributed by atoms with Crippen molar-refractivity contribution in [1.82, 2.24) is 15.0 Å². The first-order chi connectivity index (χ1) is 15.4. The average Bonchev–Trinajstić information content (AvgIpc) is 3.19. The first kappa shape index (κ1) is 21.7. The molecule has 0 saturated heterocycles. The fraction of sp³-hybridized carbons (Fsp3) is 0.136. The van der Waals surface area contributed by atoms with Gasteiger partial charge in [0.15, 0.2) is 5.13 Å². The summed E-state index contributed by atoms with van der Waals surface area (Å²) in [6.45, 7) is 1.83. The normalized spacial score (nSPS) is 10.8. The number of aryl methyl sites for hydroxylation is 1. The van der Waals surface area contributed by atoms with Crippen molar-refractivity contribution in [3.8, 4) is 16.9 Å². The number of hydrogen-bond donors (Lipinski definition) is 1. The number of nitrogens with one attached hydrogen (secondary N) is 1. The van der Waals surface area contributed by atoms with Gasteiger partial charge in [-0.25, -0.2) is 14.8 Å². The molecule has 0 spiro atoms. The Hall–Kier alpha value is -3.56. The van der Waals surface area contributed by atoms with Crippen molar-refractivity contribution in [3.05, 3.63) is 64.7 Å². The van der Waals surface area contributed by atoms with E-state index in [1.54, 1.807) is 30.3 Å². The number of ether oxygens (including phenoxy) is 2. The van der Waals surface area contributed by atoms with Gasteiger partial charge in [-0.05, 0) is 37.3 Å². The van der Waals surface area contributed by atoms with Gasteiger partial charge in [0.25, 0.3) is 5.91 Å². The van der Waals surface area contributed by atoms with E-state index in [-0.39, 0.29) is 5.15 Å². The zero-order chi connectivity index (χ0) is 22.8. The van der Waals surface area contributed by atoms with Gasteiger partial charge in [-0.2, -0.15) is 0 Å². The zero-order valence-electron chi connectivity index (χ0n) is 17.3. The summed E-state index contributed by atoms with van der Waals surface area (Å²) in [6.07, 6.45) is 3.00. The third-order valence-corrected chi connectivity index (χ3v) is 5.80. The van der Waals surface area contributed by atoms with E-state index in [9.17, 15) is 9.59 Å². The summed E-state index contributed by atoms with van der Waals surface area (Å²) in [5.74, 6) is -0.356. The smallest absolute Gasteiger partial charge is 0.337 e. The van der Waals surface area contributed by atoms with Crippen molar-refractivity contribution in [3.63, 3.8) is 0 Å². The maximum Gasteiger partial charge on any atom is 0.337 e. The molecule has 8 nitrogen and oxygen atoms in total. The Bertz CT molecular complexity index is 1360. The van der Waals surface area contributed by atoms with Crippen LogP contribution in [-0.4, -0.2) is 41.0 Å². The van der Waals surface area contributed by atoms with Gasteiger partial charge in [0, 0.05) is 23.0 Å². The minimum absolute atomic E-state index is 0.272. The molecule has 32 heavy (non-hydrogen) atoms. The van der Waals surface area contributed by atoms with E-state index in [0.29, 0.717) is 38.7 Å². The molecule has 0 aliphatic carbocycles. The topological polar surface area (TPSA) is 103 Å². The Labute approximate surface area is 192 Å². The highest BCUT2D eigenvalue weighted by Gasteiger charge is 2.19. The minimum Gasteiger partial charge on any atom is -0.494 e. The van der Waals surface area contributed by atoms with E-state index in [1.807, 2.05) is 6.92 Å². The third-order valence-electron chi connectivity index (χ3n) is 4.66. The van der Waals surface area contributed by atoms with Crippen LogP contribution in [0.1, 0.15) is 26.4 Å². The second-order valence-electron chi connectivity index (χ2n) is 6.73. The van der Waals surface area contributed by atoms with Gasteiger partial charge in [0.2, 0.25) is 0 Å². The summed E-state index contributed by atoms with van der Waals surface area (Å²) in [5, 5.41) is 3.47. The fourth-order valence-corrected chi connectivity index (χ4v) is 4.20. The number of amides is 1. The molecular formula is C22H17ClN4O4S. The number of thiazole rings is 1. The van der Waals surface area contributed by atoms with Crippen LogP contribution >= 0.6 is 22.9 Å². The zero-order valence-corrected chi connectivity index (χ0v) is 18.9. The lowest BCUT2D eigenvalue weighted by molar-refractivity contribution is 0.0601. The molecule has 1 aromatic carbocycles. The Kier molecular flexibility index (Phi) is 6.02. The summed E-state index contributed by atoms with van der Waals surface area (Å²) >= 11 is 7.34. The summed E-state index contributed by atoms with van der Waals surface area (Å²) in [4.78, 5) is 37.7. The molecule has 0 bridgehead atoms. The lowest BCUT2D eigenvalue weighted by Crippen LogP contribution is -2.14. The molecule has 0 unspecified atom stereocenters. The highest BCUT2D eigenvalue weighted by molar-refractivity contribution is 7.22. The predicted octanol–water partition coefficient (Wildman–Crippen LogP) is 4.76. The lowest BCUT2D eigenvalue weighted by Gasteiger charge is -2.13. The molecule has 1 N–H and O–H groups in total. The van der Waals surface area contributed by atoms with Crippen molar-refractivity contribution < 1.29 is 19.1 Å². The highest BCUT2D eigenvalue weighted by Crippen LogP contribution is 2.34. The molecule has 0 radical (unpaired) electrons. The number of halogens is 1. The standard InChI is InChI=1S/C22H17ClN4O4S/c1-11-6-13(14-8-19(23)25-10-17(14)30-2)15(9-24-11)20(28)27-22-26-16-5-4-12(21(29)31-3)7-18(16)32-22/h4-10H,1-3H3,(H,26,27,28). The van der Waals surface area contributed by atoms with Crippen molar-refractivity contribution in [2.24, 2.45) is 0 Å². The number of pyridine rings is 2. The molecule has 0 fully saturated rings. The van der Waals surface area contributed by atoms with Crippen LogP contribution < -0.4 is 10.1 Å². The molecule has 3 heterocycles. The number of esters is 1. The number of methoxy groups -OCH3 is 2. The van der Waals surface area contributed by atoms with Crippen molar-refractivity contribution >= 4 is 50.2 Å². The molecular weight excluding hydrogens is 452 g/mol. The SMILES string of the molecule is COC(=O)c1ccc2nc(NC(=O)c3cnc(C)cc3-c3cc(Cl)ncc3OC)sc2c1. The molecule has 1 amide bonds. The average molecular weight is 469 g/mol. The molecule has 3 aromatic heterocycles. The number of nitrogens with zero attached hydrogens (tertiary/aromatic N) is 3. The summed E-state index contributed by atoms with van der Waals surface area (Å²) in [6, 6.07) is 8.43. The van der Waals surface area contributed by atoms with Gasteiger partial charge in [-0.3, -0.25) is 15.1 Å². The highest BCUT2D eigenvalue weighted by atomic mass is 35.5. The number of carbonyl (C=O) groups excluding carboxylic acids is 2. The first-order valence-corrected chi connectivity index (χ1v) is 10.6. The van der Waals surface area contributed by atoms with E-state index in [1.165, 1.54) is 38.0 Å². The molecule has 4 rings (SSSR count). The van der Waals surface area contributed by atoms with Crippen molar-refractivity contribution in [1.29, 1.82) is 0 Å². The van der Waals surface area contributed by atoms with Crippen LogP contribution in [0, 0.1) is 6.92 Å². The van der Waals surface area contributed by atoms with Crippen molar-refractivity contribution in [2.75, 3.05) is 19.5 Å². The number of anilines is 1. The molecule has 0 saturated carbocycles. The summed E-state index contributed by atoms with van der Waals surface area (Å²) < 4.78 is 10.9. The third kappa shape index (κ3) is 4.25. The Morgan fingerprint density at radius 2 is 1.88 bits per heavy atom. The molecule has 0 aliphatic rings.